The van der Waals surface area contributed by atoms with Gasteiger partial charge >= 0.3 is 0 Å². The van der Waals surface area contributed by atoms with E-state index in [0.29, 0.717) is 20.9 Å². The Morgan fingerprint density at radius 1 is 1.38 bits per heavy atom. The van der Waals surface area contributed by atoms with Crippen LogP contribution in [0.4, 0.5) is 11.5 Å². The molecule has 2 aromatic rings. The maximum atomic E-state index is 12.3. The predicted molar refractivity (Wildman–Crippen MR) is 103 cm³/mol. The third kappa shape index (κ3) is 5.31. The van der Waals surface area contributed by atoms with E-state index in [0.717, 1.165) is 0 Å². The largest absolute Gasteiger partial charge is 0.495 e. The lowest BCUT2D eigenvalue weighted by Gasteiger charge is -2.11. The number of nitrogen functional groups attached to an aromatic ring is 1. The molecule has 8 nitrogen and oxygen atoms in total. The van der Waals surface area contributed by atoms with E-state index in [4.69, 9.17) is 22.1 Å². The fraction of sp³-hybridized carbons (Fsp3) is 0.200. The number of carbonyl (C=O) groups excluding carboxylic acids is 1. The van der Waals surface area contributed by atoms with Crippen LogP contribution in [-0.2, 0) is 14.8 Å². The van der Waals surface area contributed by atoms with Gasteiger partial charge in [-0.25, -0.2) is 18.1 Å². The van der Waals surface area contributed by atoms with Crippen LogP contribution in [-0.4, -0.2) is 33.0 Å². The number of aromatic nitrogens is 1. The number of nitrogens with zero attached hydrogens (tertiary/aromatic N) is 1. The molecule has 140 valence electrons. The summed E-state index contributed by atoms with van der Waals surface area (Å²) in [5.41, 5.74) is 6.00. The maximum Gasteiger partial charge on any atom is 0.244 e. The number of carbonyl (C=O) groups is 1. The molecule has 0 atom stereocenters. The topological polar surface area (TPSA) is 123 Å². The van der Waals surface area contributed by atoms with E-state index >= 15 is 0 Å². The van der Waals surface area contributed by atoms with E-state index in [1.807, 2.05) is 0 Å². The summed E-state index contributed by atoms with van der Waals surface area (Å²) >= 11 is 9.04. The molecule has 1 aromatic carbocycles. The summed E-state index contributed by atoms with van der Waals surface area (Å²) in [5, 5.41) is 3.05. The van der Waals surface area contributed by atoms with E-state index < -0.39 is 15.9 Å². The van der Waals surface area contributed by atoms with E-state index in [2.05, 4.69) is 31.0 Å². The van der Waals surface area contributed by atoms with Crippen LogP contribution in [0.3, 0.4) is 0 Å². The minimum Gasteiger partial charge on any atom is -0.495 e. The van der Waals surface area contributed by atoms with E-state index in [-0.39, 0.29) is 23.7 Å². The van der Waals surface area contributed by atoms with Gasteiger partial charge in [0.2, 0.25) is 15.9 Å². The highest BCUT2D eigenvalue weighted by molar-refractivity contribution is 9.10. The Morgan fingerprint density at radius 2 is 2.12 bits per heavy atom. The second-order valence-corrected chi connectivity index (χ2v) is 8.16. The number of halogens is 2. The smallest absolute Gasteiger partial charge is 0.244 e. The molecular formula is C15H16BrClN4O4S. The van der Waals surface area contributed by atoms with Gasteiger partial charge in [-0.1, -0.05) is 11.6 Å². The molecule has 0 aliphatic carbocycles. The predicted octanol–water partition coefficient (Wildman–Crippen LogP) is 2.40. The molecule has 0 spiro atoms. The summed E-state index contributed by atoms with van der Waals surface area (Å²) < 4.78 is 32.5. The lowest BCUT2D eigenvalue weighted by molar-refractivity contribution is -0.116. The van der Waals surface area contributed by atoms with Crippen molar-refractivity contribution in [3.05, 3.63) is 40.0 Å². The van der Waals surface area contributed by atoms with Gasteiger partial charge in [-0.15, -0.1) is 0 Å². The number of nitrogens with one attached hydrogen (secondary N) is 2. The standard InChI is InChI=1S/C15H16BrClN4O4S/c1-25-12-3-2-10(17)7-11(12)21-14(22)4-5-20-26(23,24)13-6-9(16)8-19-15(13)18/h2-3,6-8,20H,4-5H2,1H3,(H2,18,19)(H,21,22). The van der Waals surface area contributed by atoms with Crippen LogP contribution in [0.1, 0.15) is 6.42 Å². The van der Waals surface area contributed by atoms with Gasteiger partial charge in [-0.05, 0) is 40.2 Å². The molecule has 2 rings (SSSR count). The first kappa shape index (κ1) is 20.4. The van der Waals surface area contributed by atoms with Crippen LogP contribution < -0.4 is 20.5 Å². The Bertz CT molecular complexity index is 924. The van der Waals surface area contributed by atoms with Crippen LogP contribution in [0.2, 0.25) is 5.02 Å². The maximum absolute atomic E-state index is 12.3. The number of anilines is 2. The first-order valence-corrected chi connectivity index (χ1v) is 9.92. The number of ether oxygens (including phenoxy) is 1. The Hall–Kier alpha value is -1.88. The van der Waals surface area contributed by atoms with Crippen molar-refractivity contribution in [2.45, 2.75) is 11.3 Å². The number of rotatable bonds is 7. The number of sulfonamides is 1. The average molecular weight is 464 g/mol. The van der Waals surface area contributed by atoms with E-state index in [1.165, 1.54) is 25.4 Å². The summed E-state index contributed by atoms with van der Waals surface area (Å²) in [6.45, 7) is -0.122. The second kappa shape index (κ2) is 8.67. The monoisotopic (exact) mass is 462 g/mol. The van der Waals surface area contributed by atoms with Gasteiger partial charge in [-0.2, -0.15) is 0 Å². The van der Waals surface area contributed by atoms with Crippen LogP contribution in [0.15, 0.2) is 39.8 Å². The number of pyridine rings is 1. The first-order valence-electron chi connectivity index (χ1n) is 7.27. The minimum atomic E-state index is -3.89. The summed E-state index contributed by atoms with van der Waals surface area (Å²) in [4.78, 5) is 15.7. The molecular weight excluding hydrogens is 448 g/mol. The number of nitrogens with two attached hydrogens (primary N) is 1. The van der Waals surface area contributed by atoms with Gasteiger partial charge in [0.15, 0.2) is 0 Å². The zero-order chi connectivity index (χ0) is 19.3. The Morgan fingerprint density at radius 3 is 2.81 bits per heavy atom. The molecule has 26 heavy (non-hydrogen) atoms. The Labute approximate surface area is 164 Å². The number of amides is 1. The second-order valence-electron chi connectivity index (χ2n) is 5.08. The van der Waals surface area contributed by atoms with Crippen molar-refractivity contribution >= 4 is 55.0 Å². The fourth-order valence-electron chi connectivity index (χ4n) is 2.01. The van der Waals surface area contributed by atoms with Gasteiger partial charge in [-0.3, -0.25) is 4.79 Å². The third-order valence-corrected chi connectivity index (χ3v) is 5.38. The molecule has 0 bridgehead atoms. The van der Waals surface area contributed by atoms with Gasteiger partial charge in [0, 0.05) is 28.7 Å². The molecule has 0 saturated heterocycles. The van der Waals surface area contributed by atoms with Crippen LogP contribution in [0.25, 0.3) is 0 Å². The Kier molecular flexibility index (Phi) is 6.81. The number of methoxy groups -OCH3 is 1. The first-order chi connectivity index (χ1) is 12.2. The van der Waals surface area contributed by atoms with Gasteiger partial charge in [0.25, 0.3) is 0 Å². The van der Waals surface area contributed by atoms with Crippen molar-refractivity contribution < 1.29 is 17.9 Å². The van der Waals surface area contributed by atoms with Crippen molar-refractivity contribution in [3.8, 4) is 5.75 Å². The lowest BCUT2D eigenvalue weighted by atomic mass is 10.2. The lowest BCUT2D eigenvalue weighted by Crippen LogP contribution is -2.28. The average Bonchev–Trinajstić information content (AvgIpc) is 2.57. The molecule has 0 aliphatic heterocycles. The van der Waals surface area contributed by atoms with Gasteiger partial charge < -0.3 is 15.8 Å². The van der Waals surface area contributed by atoms with Crippen molar-refractivity contribution in [3.63, 3.8) is 0 Å². The summed E-state index contributed by atoms with van der Waals surface area (Å²) in [7, 11) is -2.43. The third-order valence-electron chi connectivity index (χ3n) is 3.22. The number of hydrogen-bond acceptors (Lipinski definition) is 6. The molecule has 1 heterocycles. The molecule has 0 fully saturated rings. The van der Waals surface area contributed by atoms with E-state index in [9.17, 15) is 13.2 Å². The molecule has 0 aliphatic rings. The highest BCUT2D eigenvalue weighted by Crippen LogP contribution is 2.27. The molecule has 4 N–H and O–H groups in total. The molecule has 1 aromatic heterocycles. The number of hydrogen-bond donors (Lipinski definition) is 3. The summed E-state index contributed by atoms with van der Waals surface area (Å²) in [6.07, 6.45) is 1.29. The molecule has 0 saturated carbocycles. The zero-order valence-corrected chi connectivity index (χ0v) is 16.8. The van der Waals surface area contributed by atoms with E-state index in [1.54, 1.807) is 12.1 Å². The number of benzene rings is 1. The molecule has 0 radical (unpaired) electrons. The van der Waals surface area contributed by atoms with Crippen LogP contribution in [0, 0.1) is 0 Å². The SMILES string of the molecule is COc1ccc(Cl)cc1NC(=O)CCNS(=O)(=O)c1cc(Br)cnc1N. The van der Waals surface area contributed by atoms with Crippen molar-refractivity contribution in [2.75, 3.05) is 24.7 Å². The van der Waals surface area contributed by atoms with Crippen molar-refractivity contribution in [2.24, 2.45) is 0 Å². The summed E-state index contributed by atoms with van der Waals surface area (Å²) in [5.74, 6) is -0.0984. The zero-order valence-electron chi connectivity index (χ0n) is 13.6. The van der Waals surface area contributed by atoms with Gasteiger partial charge in [0.1, 0.15) is 16.5 Å². The normalized spacial score (nSPS) is 11.2. The Balaban J connectivity index is 1.98. The van der Waals surface area contributed by atoms with Crippen LogP contribution in [0.5, 0.6) is 5.75 Å². The van der Waals surface area contributed by atoms with Crippen molar-refractivity contribution in [1.82, 2.24) is 9.71 Å². The highest BCUT2D eigenvalue weighted by atomic mass is 79.9. The minimum absolute atomic E-state index is 0.101. The summed E-state index contributed by atoms with van der Waals surface area (Å²) in [6, 6.07) is 6.11. The van der Waals surface area contributed by atoms with Crippen LogP contribution >= 0.6 is 27.5 Å². The molecule has 1 amide bonds. The molecule has 11 heteroatoms. The van der Waals surface area contributed by atoms with Crippen molar-refractivity contribution in [1.29, 1.82) is 0 Å². The highest BCUT2D eigenvalue weighted by Gasteiger charge is 2.19. The van der Waals surface area contributed by atoms with Gasteiger partial charge in [0.05, 0.1) is 12.8 Å². The quantitative estimate of drug-likeness (QED) is 0.579. The fourth-order valence-corrected chi connectivity index (χ4v) is 3.81. The molecule has 0 unspecified atom stereocenters.